The first-order chi connectivity index (χ1) is 10.9. The van der Waals surface area contributed by atoms with Gasteiger partial charge in [0.1, 0.15) is 22.2 Å². The Morgan fingerprint density at radius 3 is 2.22 bits per heavy atom. The van der Waals surface area contributed by atoms with Crippen molar-refractivity contribution < 1.29 is 9.90 Å². The Hall–Kier alpha value is -1.21. The summed E-state index contributed by atoms with van der Waals surface area (Å²) in [7, 11) is 0. The third-order valence-electron chi connectivity index (χ3n) is 3.27. The van der Waals surface area contributed by atoms with E-state index in [-0.39, 0.29) is 29.0 Å². The van der Waals surface area contributed by atoms with E-state index in [0.29, 0.717) is 5.69 Å². The Morgan fingerprint density at radius 1 is 1.22 bits per heavy atom. The van der Waals surface area contributed by atoms with E-state index in [9.17, 15) is 9.90 Å². The fourth-order valence-electron chi connectivity index (χ4n) is 2.18. The normalized spacial score (nSPS) is 10.7. The number of amides is 1. The molecular formula is C15H14BrCl2N3O2. The summed E-state index contributed by atoms with van der Waals surface area (Å²) in [6.07, 6.45) is 1.19. The lowest BCUT2D eigenvalue weighted by Gasteiger charge is -2.24. The highest BCUT2D eigenvalue weighted by Gasteiger charge is 2.24. The van der Waals surface area contributed by atoms with Gasteiger partial charge in [-0.25, -0.2) is 9.97 Å². The molecule has 2 aromatic rings. The molecule has 0 saturated carbocycles. The van der Waals surface area contributed by atoms with Gasteiger partial charge in [-0.3, -0.25) is 4.79 Å². The smallest absolute Gasteiger partial charge is 0.264 e. The van der Waals surface area contributed by atoms with Crippen LogP contribution in [0, 0.1) is 13.8 Å². The van der Waals surface area contributed by atoms with E-state index < -0.39 is 5.91 Å². The van der Waals surface area contributed by atoms with Crippen molar-refractivity contribution in [1.82, 2.24) is 9.97 Å². The van der Waals surface area contributed by atoms with Crippen molar-refractivity contribution in [3.8, 4) is 0 Å². The summed E-state index contributed by atoms with van der Waals surface area (Å²) in [5, 5.41) is 9.28. The maximum Gasteiger partial charge on any atom is 0.264 e. The van der Waals surface area contributed by atoms with Crippen molar-refractivity contribution in [3.05, 3.63) is 49.9 Å². The van der Waals surface area contributed by atoms with Crippen LogP contribution in [0.4, 0.5) is 5.69 Å². The van der Waals surface area contributed by atoms with Crippen molar-refractivity contribution in [2.75, 3.05) is 18.1 Å². The number of carbonyl (C=O) groups excluding carboxylic acids is 1. The number of aliphatic hydroxyl groups is 1. The molecule has 1 aromatic carbocycles. The van der Waals surface area contributed by atoms with Crippen LogP contribution in [0.5, 0.6) is 0 Å². The molecule has 1 amide bonds. The number of aromatic nitrogens is 2. The topological polar surface area (TPSA) is 66.3 Å². The number of nitrogens with zero attached hydrogens (tertiary/aromatic N) is 3. The van der Waals surface area contributed by atoms with Gasteiger partial charge in [-0.1, -0.05) is 39.1 Å². The number of rotatable bonds is 4. The molecule has 5 nitrogen and oxygen atoms in total. The molecule has 1 aromatic heterocycles. The van der Waals surface area contributed by atoms with Gasteiger partial charge in [-0.05, 0) is 37.1 Å². The molecule has 0 fully saturated rings. The molecule has 8 heteroatoms. The van der Waals surface area contributed by atoms with Gasteiger partial charge < -0.3 is 10.0 Å². The van der Waals surface area contributed by atoms with Crippen LogP contribution in [-0.4, -0.2) is 34.1 Å². The molecule has 0 bridgehead atoms. The van der Waals surface area contributed by atoms with Crippen LogP contribution >= 0.6 is 39.1 Å². The van der Waals surface area contributed by atoms with Crippen LogP contribution < -0.4 is 4.90 Å². The Kier molecular flexibility index (Phi) is 5.97. The zero-order chi connectivity index (χ0) is 17.1. The highest BCUT2D eigenvalue weighted by atomic mass is 79.9. The third kappa shape index (κ3) is 3.83. The summed E-state index contributed by atoms with van der Waals surface area (Å²) in [6.45, 7) is 3.74. The predicted molar refractivity (Wildman–Crippen MR) is 94.4 cm³/mol. The van der Waals surface area contributed by atoms with Crippen LogP contribution in [0.15, 0.2) is 22.9 Å². The molecule has 1 heterocycles. The second-order valence-corrected chi connectivity index (χ2v) is 6.41. The number of carbonyl (C=O) groups is 1. The Bertz CT molecular complexity index is 712. The van der Waals surface area contributed by atoms with Crippen molar-refractivity contribution >= 4 is 50.7 Å². The Labute approximate surface area is 152 Å². The Morgan fingerprint density at radius 2 is 1.74 bits per heavy atom. The fourth-order valence-corrected chi connectivity index (χ4v) is 2.89. The zero-order valence-corrected chi connectivity index (χ0v) is 15.6. The van der Waals surface area contributed by atoms with Crippen LogP contribution in [0.2, 0.25) is 10.3 Å². The molecule has 0 radical (unpaired) electrons. The molecule has 23 heavy (non-hydrogen) atoms. The van der Waals surface area contributed by atoms with Crippen LogP contribution in [0.3, 0.4) is 0 Å². The summed E-state index contributed by atoms with van der Waals surface area (Å²) in [6, 6.07) is 3.69. The second-order valence-electron chi connectivity index (χ2n) is 4.90. The van der Waals surface area contributed by atoms with Gasteiger partial charge in [0.2, 0.25) is 0 Å². The molecule has 122 valence electrons. The molecule has 0 atom stereocenters. The zero-order valence-electron chi connectivity index (χ0n) is 12.5. The first kappa shape index (κ1) is 18.1. The number of benzene rings is 1. The third-order valence-corrected chi connectivity index (χ3v) is 5.09. The van der Waals surface area contributed by atoms with Crippen LogP contribution in [-0.2, 0) is 0 Å². The molecule has 0 spiro atoms. The van der Waals surface area contributed by atoms with E-state index in [0.717, 1.165) is 15.6 Å². The molecule has 0 aliphatic carbocycles. The number of aryl methyl sites for hydroxylation is 2. The quantitative estimate of drug-likeness (QED) is 0.766. The highest BCUT2D eigenvalue weighted by Crippen LogP contribution is 2.30. The summed E-state index contributed by atoms with van der Waals surface area (Å²) < 4.78 is 0.969. The fraction of sp³-hybridized carbons (Fsp3) is 0.267. The van der Waals surface area contributed by atoms with Gasteiger partial charge >= 0.3 is 0 Å². The van der Waals surface area contributed by atoms with E-state index >= 15 is 0 Å². The molecule has 0 aliphatic heterocycles. The molecule has 1 N–H and O–H groups in total. The van der Waals surface area contributed by atoms with Gasteiger partial charge in [0.05, 0.1) is 6.61 Å². The SMILES string of the molecule is Cc1cc(N(CCO)C(=O)c2c(Cl)ncnc2Cl)cc(C)c1Br. The van der Waals surface area contributed by atoms with Crippen molar-refractivity contribution in [3.63, 3.8) is 0 Å². The molecular weight excluding hydrogens is 405 g/mol. The highest BCUT2D eigenvalue weighted by molar-refractivity contribution is 9.10. The van der Waals surface area contributed by atoms with Gasteiger partial charge in [-0.15, -0.1) is 0 Å². The van der Waals surface area contributed by atoms with E-state index in [1.807, 2.05) is 26.0 Å². The predicted octanol–water partition coefficient (Wildman–Crippen LogP) is 3.80. The maximum absolute atomic E-state index is 12.8. The monoisotopic (exact) mass is 417 g/mol. The van der Waals surface area contributed by atoms with Gasteiger partial charge in [0.25, 0.3) is 5.91 Å². The summed E-state index contributed by atoms with van der Waals surface area (Å²) in [5.41, 5.74) is 2.59. The lowest BCUT2D eigenvalue weighted by Crippen LogP contribution is -2.34. The molecule has 0 unspecified atom stereocenters. The average molecular weight is 419 g/mol. The largest absolute Gasteiger partial charge is 0.395 e. The number of hydrogen-bond acceptors (Lipinski definition) is 4. The number of halogens is 3. The lowest BCUT2D eigenvalue weighted by molar-refractivity contribution is 0.0980. The standard InChI is InChI=1S/C15H14BrCl2N3O2/c1-8-5-10(6-9(2)12(8)16)21(3-4-22)15(23)11-13(17)19-7-20-14(11)18/h5-7,22H,3-4H2,1-2H3. The van der Waals surface area contributed by atoms with Crippen LogP contribution in [0.1, 0.15) is 21.5 Å². The first-order valence-electron chi connectivity index (χ1n) is 6.72. The second kappa shape index (κ2) is 7.57. The minimum atomic E-state index is -0.462. The van der Waals surface area contributed by atoms with Crippen molar-refractivity contribution in [2.45, 2.75) is 13.8 Å². The summed E-state index contributed by atoms with van der Waals surface area (Å²) >= 11 is 15.5. The Balaban J connectivity index is 2.52. The molecule has 0 aliphatic rings. The minimum absolute atomic E-state index is 0.0162. The minimum Gasteiger partial charge on any atom is -0.395 e. The van der Waals surface area contributed by atoms with E-state index in [1.165, 1.54) is 11.2 Å². The van der Waals surface area contributed by atoms with Gasteiger partial charge in [-0.2, -0.15) is 0 Å². The number of aliphatic hydroxyl groups excluding tert-OH is 1. The first-order valence-corrected chi connectivity index (χ1v) is 8.27. The van der Waals surface area contributed by atoms with Crippen LogP contribution in [0.25, 0.3) is 0 Å². The van der Waals surface area contributed by atoms with Gasteiger partial charge in [0.15, 0.2) is 0 Å². The van der Waals surface area contributed by atoms with Crippen molar-refractivity contribution in [1.29, 1.82) is 0 Å². The summed E-state index contributed by atoms with van der Waals surface area (Å²) in [4.78, 5) is 21.8. The van der Waals surface area contributed by atoms with Gasteiger partial charge in [0, 0.05) is 16.7 Å². The molecule has 2 rings (SSSR count). The lowest BCUT2D eigenvalue weighted by atomic mass is 10.1. The molecule has 0 saturated heterocycles. The number of anilines is 1. The van der Waals surface area contributed by atoms with E-state index in [4.69, 9.17) is 23.2 Å². The maximum atomic E-state index is 12.8. The van der Waals surface area contributed by atoms with E-state index in [1.54, 1.807) is 0 Å². The summed E-state index contributed by atoms with van der Waals surface area (Å²) in [5.74, 6) is -0.462. The van der Waals surface area contributed by atoms with Crippen molar-refractivity contribution in [2.24, 2.45) is 0 Å². The van der Waals surface area contributed by atoms with E-state index in [2.05, 4.69) is 25.9 Å². The average Bonchev–Trinajstić information content (AvgIpc) is 2.49. The number of hydrogen-bond donors (Lipinski definition) is 1.